The number of hydrogen-bond acceptors (Lipinski definition) is 9. The van der Waals surface area contributed by atoms with Gasteiger partial charge < -0.3 is 46.6 Å². The highest BCUT2D eigenvalue weighted by Crippen LogP contribution is 2.43. The molecule has 0 aromatic heterocycles. The summed E-state index contributed by atoms with van der Waals surface area (Å²) in [5.41, 5.74) is 8.58. The van der Waals surface area contributed by atoms with Gasteiger partial charge in [-0.05, 0) is 107 Å². The van der Waals surface area contributed by atoms with Crippen LogP contribution in [0.25, 0.3) is 6.08 Å². The Morgan fingerprint density at radius 3 is 2.20 bits per heavy atom. The third kappa shape index (κ3) is 9.92. The molecule has 0 saturated carbocycles. The van der Waals surface area contributed by atoms with Crippen LogP contribution in [0.2, 0.25) is 0 Å². The Kier molecular flexibility index (Phi) is 13.4. The maximum atomic E-state index is 13.3. The quantitative estimate of drug-likeness (QED) is 0.146. The molecule has 2 aromatic carbocycles. The van der Waals surface area contributed by atoms with Crippen molar-refractivity contribution in [2.45, 2.75) is 117 Å². The molecule has 0 radical (unpaired) electrons. The highest BCUT2D eigenvalue weighted by Gasteiger charge is 2.45. The molecule has 2 aromatic rings. The Hall–Kier alpha value is -3.32. The zero-order chi connectivity index (χ0) is 37.8. The average molecular weight is 698 g/mol. The predicted molar refractivity (Wildman–Crippen MR) is 194 cm³/mol. The number of aliphatic hydroxyl groups excluding tert-OH is 4. The van der Waals surface area contributed by atoms with Crippen LogP contribution in [0, 0.1) is 18.3 Å². The number of amides is 2. The van der Waals surface area contributed by atoms with Gasteiger partial charge in [0.2, 0.25) is 11.8 Å². The number of aromatic hydroxyl groups is 1. The second-order valence-corrected chi connectivity index (χ2v) is 15.7. The molecule has 6 unspecified atom stereocenters. The molecule has 50 heavy (non-hydrogen) atoms. The maximum Gasteiger partial charge on any atom is 0.245 e. The Labute approximate surface area is 296 Å². The van der Waals surface area contributed by atoms with E-state index in [0.29, 0.717) is 12.0 Å². The first-order chi connectivity index (χ1) is 23.1. The lowest BCUT2D eigenvalue weighted by atomic mass is 9.81. The molecule has 6 atom stereocenters. The number of aliphatic hydroxyl groups is 4. The lowest BCUT2D eigenvalue weighted by molar-refractivity contribution is -0.218. The van der Waals surface area contributed by atoms with Crippen LogP contribution in [0.5, 0.6) is 5.75 Å². The van der Waals surface area contributed by atoms with E-state index >= 15 is 0 Å². The third-order valence-corrected chi connectivity index (χ3v) is 9.73. The Morgan fingerprint density at radius 1 is 0.980 bits per heavy atom. The first-order valence-electron chi connectivity index (χ1n) is 17.4. The van der Waals surface area contributed by atoms with E-state index in [4.69, 9.17) is 10.5 Å². The predicted octanol–water partition coefficient (Wildman–Crippen LogP) is 3.36. The van der Waals surface area contributed by atoms with Gasteiger partial charge in [0.05, 0.1) is 30.8 Å². The van der Waals surface area contributed by atoms with Gasteiger partial charge in [-0.25, -0.2) is 0 Å². The van der Waals surface area contributed by atoms with Gasteiger partial charge in [0.25, 0.3) is 0 Å². The smallest absolute Gasteiger partial charge is 0.245 e. The van der Waals surface area contributed by atoms with Gasteiger partial charge in [0, 0.05) is 23.6 Å². The summed E-state index contributed by atoms with van der Waals surface area (Å²) >= 11 is 0. The van der Waals surface area contributed by atoms with Gasteiger partial charge in [-0.3, -0.25) is 9.59 Å². The average Bonchev–Trinajstić information content (AvgIpc) is 3.04. The fraction of sp³-hybridized carbons (Fsp3) is 0.590. The summed E-state index contributed by atoms with van der Waals surface area (Å²) in [5, 5.41) is 57.8. The summed E-state index contributed by atoms with van der Waals surface area (Å²) in [4.78, 5) is 26.0. The summed E-state index contributed by atoms with van der Waals surface area (Å²) in [6.07, 6.45) is 0.303. The summed E-state index contributed by atoms with van der Waals surface area (Å²) in [6, 6.07) is 9.59. The number of nitrogens with one attached hydrogen (secondary N) is 2. The van der Waals surface area contributed by atoms with Crippen LogP contribution in [0.1, 0.15) is 107 Å². The molecular weight excluding hydrogens is 638 g/mol. The van der Waals surface area contributed by atoms with Crippen molar-refractivity contribution < 1.29 is 39.9 Å². The molecule has 278 valence electrons. The second-order valence-electron chi connectivity index (χ2n) is 15.7. The molecule has 1 aliphatic heterocycles. The van der Waals surface area contributed by atoms with Crippen LogP contribution in [0.15, 0.2) is 36.4 Å². The number of phenolic OH excluding ortho intramolecular Hbond substituents is 1. The van der Waals surface area contributed by atoms with Gasteiger partial charge in [0.15, 0.2) is 0 Å². The van der Waals surface area contributed by atoms with Crippen molar-refractivity contribution in [1.29, 1.82) is 0 Å². The lowest BCUT2D eigenvalue weighted by Gasteiger charge is -2.42. The molecule has 11 heteroatoms. The second kappa shape index (κ2) is 16.4. The number of phenols is 1. The maximum absolute atomic E-state index is 13.3. The van der Waals surface area contributed by atoms with Gasteiger partial charge >= 0.3 is 0 Å². The summed E-state index contributed by atoms with van der Waals surface area (Å²) in [6.45, 7) is 15.9. The standard InChI is InChI=1S/C39H59N3O8/c1-10-22(2)27-18-30(45)28(34-29(19-43)32(46)33(47)31(20-44)50-34)17-26(27)16-25-12-11-24(15-23(25)3)13-14-37(4,5)35(48)42-39(8,9)36(49)41-21-38(6,7)40/h11-15,17-18,22,29,31-34,43-47H,10,16,19-21,40H2,1-9H3,(H,41,49)(H,42,48). The van der Waals surface area contributed by atoms with Crippen LogP contribution >= 0.6 is 0 Å². The summed E-state index contributed by atoms with van der Waals surface area (Å²) in [7, 11) is 0. The topological polar surface area (TPSA) is 195 Å². The van der Waals surface area contributed by atoms with Gasteiger partial charge in [-0.15, -0.1) is 0 Å². The Bertz CT molecular complexity index is 1530. The number of nitrogens with two attached hydrogens (primary N) is 1. The summed E-state index contributed by atoms with van der Waals surface area (Å²) < 4.78 is 5.95. The van der Waals surface area contributed by atoms with Crippen molar-refractivity contribution in [3.05, 3.63) is 69.8 Å². The minimum atomic E-state index is -1.38. The molecule has 2 amide bonds. The number of carbonyl (C=O) groups excluding carboxylic acids is 2. The zero-order valence-corrected chi connectivity index (χ0v) is 31.1. The molecule has 1 heterocycles. The molecule has 0 spiro atoms. The third-order valence-electron chi connectivity index (χ3n) is 9.73. The van der Waals surface area contributed by atoms with Gasteiger partial charge in [-0.2, -0.15) is 0 Å². The number of hydrogen-bond donors (Lipinski definition) is 8. The fourth-order valence-electron chi connectivity index (χ4n) is 6.05. The van der Waals surface area contributed by atoms with E-state index in [-0.39, 0.29) is 30.0 Å². The molecule has 11 nitrogen and oxygen atoms in total. The SMILES string of the molecule is CCC(C)c1cc(O)c(C2OC(CO)C(O)C(O)C2CO)cc1Cc1ccc(C=CC(C)(C)C(=O)NC(C)(C)C(=O)NCC(C)(C)N)cc1C. The van der Waals surface area contributed by atoms with Crippen molar-refractivity contribution in [1.82, 2.24) is 10.6 Å². The minimum Gasteiger partial charge on any atom is -0.508 e. The number of rotatable bonds is 14. The zero-order valence-electron chi connectivity index (χ0n) is 31.1. The van der Waals surface area contributed by atoms with Crippen molar-refractivity contribution >= 4 is 17.9 Å². The summed E-state index contributed by atoms with van der Waals surface area (Å²) in [5.74, 6) is -1.44. The number of ether oxygens (including phenoxy) is 1. The molecule has 1 aliphatic rings. The normalized spacial score (nSPS) is 22.4. The van der Waals surface area contributed by atoms with Crippen molar-refractivity contribution in [3.8, 4) is 5.75 Å². The highest BCUT2D eigenvalue weighted by molar-refractivity contribution is 5.93. The van der Waals surface area contributed by atoms with E-state index in [1.165, 1.54) is 0 Å². The van der Waals surface area contributed by atoms with E-state index in [1.807, 2.05) is 57.2 Å². The monoisotopic (exact) mass is 697 g/mol. The number of carbonyl (C=O) groups is 2. The minimum absolute atomic E-state index is 0.0415. The van der Waals surface area contributed by atoms with Crippen molar-refractivity contribution in [3.63, 3.8) is 0 Å². The van der Waals surface area contributed by atoms with Gasteiger partial charge in [-0.1, -0.05) is 44.2 Å². The highest BCUT2D eigenvalue weighted by atomic mass is 16.5. The fourth-order valence-corrected chi connectivity index (χ4v) is 6.05. The number of benzene rings is 2. The molecule has 1 saturated heterocycles. The van der Waals surface area contributed by atoms with Crippen LogP contribution < -0.4 is 16.4 Å². The largest absolute Gasteiger partial charge is 0.508 e. The molecular formula is C39H59N3O8. The molecule has 1 fully saturated rings. The van der Waals surface area contributed by atoms with E-state index in [1.54, 1.807) is 33.8 Å². The molecule has 9 N–H and O–H groups in total. The van der Waals surface area contributed by atoms with E-state index in [9.17, 15) is 35.1 Å². The Balaban J connectivity index is 1.86. The Morgan fingerprint density at radius 2 is 1.64 bits per heavy atom. The molecule has 0 aliphatic carbocycles. The molecule has 3 rings (SSSR count). The van der Waals surface area contributed by atoms with Crippen LogP contribution in [-0.4, -0.2) is 86.5 Å². The van der Waals surface area contributed by atoms with Crippen LogP contribution in [0.4, 0.5) is 0 Å². The van der Waals surface area contributed by atoms with Crippen molar-refractivity contribution in [2.24, 2.45) is 17.1 Å². The van der Waals surface area contributed by atoms with Gasteiger partial charge in [0.1, 0.15) is 23.5 Å². The number of aryl methyl sites for hydroxylation is 1. The van der Waals surface area contributed by atoms with Crippen LogP contribution in [-0.2, 0) is 20.7 Å². The lowest BCUT2D eigenvalue weighted by Crippen LogP contribution is -2.59. The van der Waals surface area contributed by atoms with Crippen molar-refractivity contribution in [2.75, 3.05) is 19.8 Å². The van der Waals surface area contributed by atoms with E-state index < -0.39 is 60.0 Å². The first-order valence-corrected chi connectivity index (χ1v) is 17.4. The van der Waals surface area contributed by atoms with Crippen LogP contribution in [0.3, 0.4) is 0 Å². The van der Waals surface area contributed by atoms with E-state index in [0.717, 1.165) is 34.2 Å². The molecule has 0 bridgehead atoms. The van der Waals surface area contributed by atoms with E-state index in [2.05, 4.69) is 24.5 Å². The first kappa shape index (κ1) is 41.1.